The molecule has 3 aromatic rings. The van der Waals surface area contributed by atoms with Gasteiger partial charge in [-0.1, -0.05) is 26.0 Å². The van der Waals surface area contributed by atoms with Crippen molar-refractivity contribution in [2.45, 2.75) is 56.7 Å². The number of aromatic nitrogens is 1. The van der Waals surface area contributed by atoms with Crippen molar-refractivity contribution >= 4 is 33.0 Å². The van der Waals surface area contributed by atoms with Gasteiger partial charge in [0.25, 0.3) is 10.0 Å². The summed E-state index contributed by atoms with van der Waals surface area (Å²) >= 11 is 0.721. The van der Waals surface area contributed by atoms with Gasteiger partial charge in [-0.25, -0.2) is 14.2 Å². The van der Waals surface area contributed by atoms with Gasteiger partial charge in [0.15, 0.2) is 5.03 Å². The maximum Gasteiger partial charge on any atom is 0.417 e. The highest BCUT2D eigenvalue weighted by Gasteiger charge is 2.36. The first kappa shape index (κ1) is 29.8. The van der Waals surface area contributed by atoms with Gasteiger partial charge in [-0.05, 0) is 61.1 Å². The van der Waals surface area contributed by atoms with Gasteiger partial charge >= 0.3 is 12.1 Å². The summed E-state index contributed by atoms with van der Waals surface area (Å²) in [5.41, 5.74) is -1.66. The molecule has 0 unspecified atom stereocenters. The molecule has 4 rings (SSSR count). The molecular weight excluding hydrogens is 572 g/mol. The Hall–Kier alpha value is -3.19. The van der Waals surface area contributed by atoms with Crippen molar-refractivity contribution in [2.75, 3.05) is 11.8 Å². The molecule has 7 nitrogen and oxygen atoms in total. The number of nitrogens with one attached hydrogen (secondary N) is 1. The minimum atomic E-state index is -4.69. The lowest BCUT2D eigenvalue weighted by Gasteiger charge is -2.31. The molecule has 0 amide bonds. The third kappa shape index (κ3) is 6.25. The number of carbonyl (C=O) groups is 1. The summed E-state index contributed by atoms with van der Waals surface area (Å²) in [6.45, 7) is 4.31. The van der Waals surface area contributed by atoms with Crippen LogP contribution in [0.2, 0.25) is 0 Å². The average Bonchev–Trinajstić information content (AvgIpc) is 3.39. The van der Waals surface area contributed by atoms with E-state index in [4.69, 9.17) is 9.84 Å². The van der Waals surface area contributed by atoms with Gasteiger partial charge in [0, 0.05) is 17.0 Å². The predicted molar refractivity (Wildman–Crippen MR) is 143 cm³/mol. The zero-order valence-corrected chi connectivity index (χ0v) is 23.5. The Bertz CT molecular complexity index is 1510. The highest BCUT2D eigenvalue weighted by atomic mass is 32.2. The van der Waals surface area contributed by atoms with Crippen LogP contribution in [-0.4, -0.2) is 31.6 Å². The lowest BCUT2D eigenvalue weighted by Crippen LogP contribution is -2.18. The summed E-state index contributed by atoms with van der Waals surface area (Å²) in [6, 6.07) is 5.58. The highest BCUT2D eigenvalue weighted by molar-refractivity contribution is 7.92. The number of ether oxygens (including phenoxy) is 1. The quantitative estimate of drug-likeness (QED) is 0.261. The van der Waals surface area contributed by atoms with Crippen LogP contribution in [0.25, 0.3) is 10.6 Å². The molecule has 216 valence electrons. The Morgan fingerprint density at radius 1 is 1.15 bits per heavy atom. The van der Waals surface area contributed by atoms with E-state index in [2.05, 4.69) is 23.6 Å². The number of carboxylic acids is 1. The van der Waals surface area contributed by atoms with E-state index in [9.17, 15) is 30.8 Å². The second-order valence-corrected chi connectivity index (χ2v) is 12.6. The van der Waals surface area contributed by atoms with Crippen LogP contribution in [-0.2, 0) is 16.2 Å². The summed E-state index contributed by atoms with van der Waals surface area (Å²) in [7, 11) is -3.36. The molecule has 1 saturated carbocycles. The third-order valence-corrected chi connectivity index (χ3v) is 9.56. The number of hydrogen-bond donors (Lipinski definition) is 2. The van der Waals surface area contributed by atoms with Crippen LogP contribution in [0, 0.1) is 17.7 Å². The van der Waals surface area contributed by atoms with Gasteiger partial charge in [-0.15, -0.1) is 11.3 Å². The number of benzene rings is 2. The van der Waals surface area contributed by atoms with Crippen molar-refractivity contribution in [1.29, 1.82) is 0 Å². The smallest absolute Gasteiger partial charge is 0.417 e. The fraction of sp³-hybridized carbons (Fsp3) is 0.407. The Kier molecular flexibility index (Phi) is 8.46. The second kappa shape index (κ2) is 11.4. The lowest BCUT2D eigenvalue weighted by molar-refractivity contribution is -0.137. The number of anilines is 1. The van der Waals surface area contributed by atoms with Crippen LogP contribution in [0.15, 0.2) is 40.7 Å². The first-order chi connectivity index (χ1) is 18.7. The molecule has 1 aromatic heterocycles. The zero-order chi connectivity index (χ0) is 29.4. The van der Waals surface area contributed by atoms with Crippen LogP contribution in [0.1, 0.15) is 66.9 Å². The van der Waals surface area contributed by atoms with E-state index < -0.39 is 49.8 Å². The average molecular weight is 601 g/mol. The molecule has 0 aliphatic heterocycles. The number of halogens is 4. The topological polar surface area (TPSA) is 106 Å². The fourth-order valence-electron chi connectivity index (χ4n) is 5.03. The van der Waals surface area contributed by atoms with Crippen molar-refractivity contribution in [3.8, 4) is 16.3 Å². The number of carboxylic acid groups (broad SMARTS) is 1. The molecule has 1 heterocycles. The van der Waals surface area contributed by atoms with Crippen molar-refractivity contribution in [2.24, 2.45) is 11.8 Å². The molecule has 1 aliphatic rings. The number of methoxy groups -OCH3 is 1. The second-order valence-electron chi connectivity index (χ2n) is 10.1. The van der Waals surface area contributed by atoms with Crippen molar-refractivity contribution < 1.29 is 40.6 Å². The van der Waals surface area contributed by atoms with E-state index in [1.807, 2.05) is 0 Å². The van der Waals surface area contributed by atoms with E-state index >= 15 is 0 Å². The lowest BCUT2D eigenvalue weighted by atomic mass is 9.74. The molecular formula is C27H28F4N2O5S2. The summed E-state index contributed by atoms with van der Waals surface area (Å²) < 4.78 is 89.6. The molecule has 2 N–H and O–H groups in total. The molecule has 1 fully saturated rings. The van der Waals surface area contributed by atoms with E-state index in [0.717, 1.165) is 61.6 Å². The Balaban J connectivity index is 1.63. The van der Waals surface area contributed by atoms with Gasteiger partial charge in [0.05, 0.1) is 23.9 Å². The zero-order valence-electron chi connectivity index (χ0n) is 21.9. The molecule has 0 saturated heterocycles. The molecule has 0 radical (unpaired) electrons. The van der Waals surface area contributed by atoms with E-state index in [1.165, 1.54) is 6.07 Å². The molecule has 2 aromatic carbocycles. The van der Waals surface area contributed by atoms with Crippen molar-refractivity contribution in [3.05, 3.63) is 58.2 Å². The van der Waals surface area contributed by atoms with Gasteiger partial charge in [-0.2, -0.15) is 21.6 Å². The molecule has 13 heteroatoms. The van der Waals surface area contributed by atoms with E-state index in [0.29, 0.717) is 23.5 Å². The fourth-order valence-corrected chi connectivity index (χ4v) is 7.22. The molecule has 0 atom stereocenters. The van der Waals surface area contributed by atoms with Gasteiger partial charge in [0.1, 0.15) is 16.6 Å². The summed E-state index contributed by atoms with van der Waals surface area (Å²) in [4.78, 5) is 15.1. The first-order valence-corrected chi connectivity index (χ1v) is 14.9. The summed E-state index contributed by atoms with van der Waals surface area (Å²) in [5, 5.41) is 9.42. The first-order valence-electron chi connectivity index (χ1n) is 12.5. The standard InChI is InChI=1S/C27H28F4N2O5S2/c1-14(2)15-4-6-16(7-5-15)17-8-9-18(20(10-17)27(29,30)31)25-32-24(13-39-25)40(36,37)33-22-12-21(28)19(26(34)35)11-23(22)38-3/h8-16,33H,4-7H2,1-3H3,(H,34,35). The highest BCUT2D eigenvalue weighted by Crippen LogP contribution is 2.44. The SMILES string of the molecule is COc1cc(C(=O)O)c(F)cc1NS(=O)(=O)c1csc(-c2ccc(C3CCC(C(C)C)CC3)cc2C(F)(F)F)n1. The molecule has 40 heavy (non-hydrogen) atoms. The number of hydrogen-bond acceptors (Lipinski definition) is 6. The number of nitrogens with zero attached hydrogens (tertiary/aromatic N) is 1. The number of sulfonamides is 1. The van der Waals surface area contributed by atoms with Crippen LogP contribution in [0.5, 0.6) is 5.75 Å². The van der Waals surface area contributed by atoms with Crippen LogP contribution in [0.3, 0.4) is 0 Å². The molecule has 0 bridgehead atoms. The van der Waals surface area contributed by atoms with E-state index in [-0.39, 0.29) is 22.2 Å². The van der Waals surface area contributed by atoms with Crippen LogP contribution >= 0.6 is 11.3 Å². The predicted octanol–water partition coefficient (Wildman–Crippen LogP) is 7.41. The van der Waals surface area contributed by atoms with Crippen LogP contribution in [0.4, 0.5) is 23.2 Å². The summed E-state index contributed by atoms with van der Waals surface area (Å²) in [5.74, 6) is -1.95. The number of rotatable bonds is 8. The number of alkyl halides is 3. The Morgan fingerprint density at radius 3 is 2.40 bits per heavy atom. The largest absolute Gasteiger partial charge is 0.495 e. The third-order valence-electron chi connectivity index (χ3n) is 7.29. The maximum absolute atomic E-state index is 14.2. The number of aromatic carboxylic acids is 1. The minimum absolute atomic E-state index is 0.0180. The van der Waals surface area contributed by atoms with Gasteiger partial charge in [0.2, 0.25) is 0 Å². The molecule has 0 spiro atoms. The monoisotopic (exact) mass is 600 g/mol. The minimum Gasteiger partial charge on any atom is -0.495 e. The summed E-state index contributed by atoms with van der Waals surface area (Å²) in [6.07, 6.45) is -1.16. The Labute approximate surface area is 233 Å². The Morgan fingerprint density at radius 2 is 1.82 bits per heavy atom. The normalized spacial score (nSPS) is 18.1. The van der Waals surface area contributed by atoms with Crippen LogP contribution < -0.4 is 9.46 Å². The maximum atomic E-state index is 14.2. The number of thiazole rings is 1. The van der Waals surface area contributed by atoms with Gasteiger partial charge in [-0.3, -0.25) is 4.72 Å². The van der Waals surface area contributed by atoms with Gasteiger partial charge < -0.3 is 9.84 Å². The van der Waals surface area contributed by atoms with E-state index in [1.54, 1.807) is 6.07 Å². The van der Waals surface area contributed by atoms with Crippen molar-refractivity contribution in [3.63, 3.8) is 0 Å². The molecule has 1 aliphatic carbocycles. The van der Waals surface area contributed by atoms with Crippen molar-refractivity contribution in [1.82, 2.24) is 4.98 Å².